The Bertz CT molecular complexity index is 2040. The van der Waals surface area contributed by atoms with Crippen LogP contribution in [-0.2, 0) is 11.2 Å². The minimum Gasteiger partial charge on any atom is -0.508 e. The van der Waals surface area contributed by atoms with Gasteiger partial charge in [-0.2, -0.15) is 0 Å². The Morgan fingerprint density at radius 3 is 2.31 bits per heavy atom. The molecule has 3 aliphatic heterocycles. The normalized spacial score (nSPS) is 21.5. The molecule has 0 radical (unpaired) electrons. The molecule has 54 heavy (non-hydrogen) atoms. The number of ether oxygens (including phenoxy) is 1. The summed E-state index contributed by atoms with van der Waals surface area (Å²) in [5.41, 5.74) is 7.75. The first-order valence-corrected chi connectivity index (χ1v) is 19.4. The summed E-state index contributed by atoms with van der Waals surface area (Å²) in [4.78, 5) is 44.8. The lowest BCUT2D eigenvalue weighted by atomic mass is 9.69. The second-order valence-corrected chi connectivity index (χ2v) is 15.1. The Balaban J connectivity index is 0.788. The minimum absolute atomic E-state index is 0.251. The molecule has 8 rings (SSSR count). The largest absolute Gasteiger partial charge is 0.508 e. The van der Waals surface area contributed by atoms with E-state index in [1.807, 2.05) is 12.1 Å². The van der Waals surface area contributed by atoms with E-state index in [9.17, 15) is 19.5 Å². The van der Waals surface area contributed by atoms with E-state index < -0.39 is 17.9 Å². The van der Waals surface area contributed by atoms with Crippen molar-refractivity contribution in [2.75, 3.05) is 44.2 Å². The van der Waals surface area contributed by atoms with Crippen molar-refractivity contribution in [1.29, 1.82) is 0 Å². The monoisotopic (exact) mass is 724 g/mol. The number of aromatic hydroxyl groups is 1. The first-order chi connectivity index (χ1) is 26.3. The van der Waals surface area contributed by atoms with Crippen molar-refractivity contribution in [2.45, 2.75) is 62.8 Å². The molecule has 3 atom stereocenters. The maximum absolute atomic E-state index is 13.2. The van der Waals surface area contributed by atoms with E-state index in [-0.39, 0.29) is 11.8 Å². The van der Waals surface area contributed by atoms with Crippen LogP contribution in [0.3, 0.4) is 0 Å². The molecule has 0 saturated carbocycles. The number of aryl methyl sites for hydroxylation is 1. The third kappa shape index (κ3) is 7.25. The van der Waals surface area contributed by atoms with Crippen molar-refractivity contribution in [2.24, 2.45) is 0 Å². The number of amides is 3. The molecule has 278 valence electrons. The molecule has 3 heterocycles. The number of hydrogen-bond acceptors (Lipinski definition) is 7. The standard InChI is InChI=1S/C45H48N4O5/c1-30-10-21-41(43(51)46-30)49-44(52)39-20-17-36(29-40(39)45(49)53)54-27-7-3-6-22-47-23-25-48(26-24-47)34-14-11-32(12-15-34)42-37(31-8-4-2-5-9-31)18-13-33-28-35(50)16-19-38(33)42/h2,4-5,8-9,11-12,14-17,19-20,28-29,37,41-42,50H,1,3,6-7,10,13,18,21-27H2,(H,46,51)/t37-,41?,42+/m0/s1. The number of carbonyl (C=O) groups is 3. The number of piperidine rings is 1. The van der Waals surface area contributed by atoms with Gasteiger partial charge in [0.25, 0.3) is 11.8 Å². The van der Waals surface area contributed by atoms with Crippen LogP contribution in [0.25, 0.3) is 0 Å². The first-order valence-electron chi connectivity index (χ1n) is 19.4. The molecule has 1 unspecified atom stereocenters. The summed E-state index contributed by atoms with van der Waals surface area (Å²) in [5.74, 6) is 0.293. The van der Waals surface area contributed by atoms with E-state index in [0.29, 0.717) is 53.7 Å². The molecule has 4 aromatic rings. The molecule has 0 bridgehead atoms. The first kappa shape index (κ1) is 35.6. The van der Waals surface area contributed by atoms with Crippen molar-refractivity contribution in [3.8, 4) is 11.5 Å². The Kier molecular flexibility index (Phi) is 10.2. The predicted octanol–water partition coefficient (Wildman–Crippen LogP) is 7.01. The number of piperazine rings is 1. The van der Waals surface area contributed by atoms with Gasteiger partial charge in [0.1, 0.15) is 17.5 Å². The van der Waals surface area contributed by atoms with Crippen LogP contribution in [0.4, 0.5) is 5.69 Å². The van der Waals surface area contributed by atoms with Crippen LogP contribution >= 0.6 is 0 Å². The quantitative estimate of drug-likeness (QED) is 0.127. The number of benzene rings is 4. The SMILES string of the molecule is C=C1CCC(N2C(=O)c3ccc(OCCCCCN4CCN(c5ccc([C@H]6c7ccc(O)cc7CC[C@H]6c6ccccc6)cc5)CC4)cc3C2=O)C(=O)N1. The van der Waals surface area contributed by atoms with Gasteiger partial charge in [0.15, 0.2) is 0 Å². The summed E-state index contributed by atoms with van der Waals surface area (Å²) in [7, 11) is 0. The highest BCUT2D eigenvalue weighted by atomic mass is 16.5. The maximum Gasteiger partial charge on any atom is 0.262 e. The Morgan fingerprint density at radius 2 is 1.54 bits per heavy atom. The zero-order valence-electron chi connectivity index (χ0n) is 30.7. The number of hydrogen-bond donors (Lipinski definition) is 2. The van der Waals surface area contributed by atoms with Crippen LogP contribution in [0, 0.1) is 0 Å². The average Bonchev–Trinajstić information content (AvgIpc) is 3.44. The Hall–Kier alpha value is -5.41. The van der Waals surface area contributed by atoms with Crippen molar-refractivity contribution in [3.05, 3.63) is 137 Å². The summed E-state index contributed by atoms with van der Waals surface area (Å²) >= 11 is 0. The van der Waals surface area contributed by atoms with Gasteiger partial charge in [0, 0.05) is 43.5 Å². The number of nitrogens with zero attached hydrogens (tertiary/aromatic N) is 3. The zero-order chi connectivity index (χ0) is 37.2. The number of phenolic OH excluding ortho intramolecular Hbond substituents is 1. The lowest BCUT2D eigenvalue weighted by molar-refractivity contribution is -0.125. The van der Waals surface area contributed by atoms with Crippen molar-refractivity contribution in [1.82, 2.24) is 15.1 Å². The topological polar surface area (TPSA) is 102 Å². The smallest absolute Gasteiger partial charge is 0.262 e. The van der Waals surface area contributed by atoms with E-state index >= 15 is 0 Å². The van der Waals surface area contributed by atoms with Crippen LogP contribution in [0.2, 0.25) is 0 Å². The molecule has 1 aliphatic carbocycles. The lowest BCUT2D eigenvalue weighted by Gasteiger charge is -2.37. The molecular formula is C45H48N4O5. The van der Waals surface area contributed by atoms with Crippen LogP contribution in [-0.4, -0.2) is 78.0 Å². The average molecular weight is 725 g/mol. The van der Waals surface area contributed by atoms with E-state index in [1.54, 1.807) is 18.2 Å². The van der Waals surface area contributed by atoms with Crippen molar-refractivity contribution < 1.29 is 24.2 Å². The number of nitrogens with one attached hydrogen (secondary N) is 1. The second-order valence-electron chi connectivity index (χ2n) is 15.1. The van der Waals surface area contributed by atoms with Gasteiger partial charge in [0.05, 0.1) is 17.7 Å². The second kappa shape index (κ2) is 15.5. The number of rotatable bonds is 11. The Morgan fingerprint density at radius 1 is 0.759 bits per heavy atom. The number of carbonyl (C=O) groups excluding carboxylic acids is 3. The van der Waals surface area contributed by atoms with Gasteiger partial charge >= 0.3 is 0 Å². The third-order valence-electron chi connectivity index (χ3n) is 11.7. The summed E-state index contributed by atoms with van der Waals surface area (Å²) < 4.78 is 5.98. The van der Waals surface area contributed by atoms with E-state index in [2.05, 4.69) is 82.4 Å². The van der Waals surface area contributed by atoms with E-state index in [0.717, 1.165) is 69.7 Å². The third-order valence-corrected chi connectivity index (χ3v) is 11.7. The van der Waals surface area contributed by atoms with Crippen LogP contribution in [0.15, 0.2) is 103 Å². The fourth-order valence-corrected chi connectivity index (χ4v) is 8.82. The molecule has 9 heteroatoms. The summed E-state index contributed by atoms with van der Waals surface area (Å²) in [6.45, 7) is 9.42. The van der Waals surface area contributed by atoms with Gasteiger partial charge in [-0.3, -0.25) is 24.2 Å². The molecule has 0 spiro atoms. The van der Waals surface area contributed by atoms with E-state index in [1.165, 1.54) is 27.9 Å². The van der Waals surface area contributed by atoms with Crippen LogP contribution in [0.5, 0.6) is 11.5 Å². The number of allylic oxidation sites excluding steroid dienone is 1. The maximum atomic E-state index is 13.2. The molecule has 9 nitrogen and oxygen atoms in total. The van der Waals surface area contributed by atoms with E-state index in [4.69, 9.17) is 4.74 Å². The molecule has 2 fully saturated rings. The zero-order valence-corrected chi connectivity index (χ0v) is 30.7. The van der Waals surface area contributed by atoms with Gasteiger partial charge < -0.3 is 20.1 Å². The van der Waals surface area contributed by atoms with Gasteiger partial charge in [-0.15, -0.1) is 0 Å². The van der Waals surface area contributed by atoms with Crippen LogP contribution in [0.1, 0.15) is 93.3 Å². The molecule has 3 amide bonds. The molecule has 2 saturated heterocycles. The lowest BCUT2D eigenvalue weighted by Crippen LogP contribution is -2.51. The summed E-state index contributed by atoms with van der Waals surface area (Å²) in [6.07, 6.45) is 5.96. The number of imide groups is 1. The number of unbranched alkanes of at least 4 members (excludes halogenated alkanes) is 2. The highest BCUT2D eigenvalue weighted by molar-refractivity contribution is 6.23. The molecule has 2 N–H and O–H groups in total. The highest BCUT2D eigenvalue weighted by Crippen LogP contribution is 2.47. The fraction of sp³-hybridized carbons (Fsp3) is 0.356. The minimum atomic E-state index is -0.820. The number of anilines is 1. The van der Waals surface area contributed by atoms with Crippen molar-refractivity contribution >= 4 is 23.4 Å². The molecular weight excluding hydrogens is 677 g/mol. The van der Waals surface area contributed by atoms with Gasteiger partial charge in [0.2, 0.25) is 5.91 Å². The molecule has 4 aromatic carbocycles. The van der Waals surface area contributed by atoms with Crippen molar-refractivity contribution in [3.63, 3.8) is 0 Å². The van der Waals surface area contributed by atoms with Gasteiger partial charge in [-0.1, -0.05) is 55.1 Å². The van der Waals surface area contributed by atoms with Gasteiger partial charge in [-0.25, -0.2) is 0 Å². The fourth-order valence-electron chi connectivity index (χ4n) is 8.82. The summed E-state index contributed by atoms with van der Waals surface area (Å²) in [6, 6.07) is 30.1. The summed E-state index contributed by atoms with van der Waals surface area (Å²) in [5, 5.41) is 12.9. The number of fused-ring (bicyclic) bond motifs is 2. The molecule has 0 aromatic heterocycles. The Labute approximate surface area is 317 Å². The highest BCUT2D eigenvalue weighted by Gasteiger charge is 2.44. The number of phenols is 1. The van der Waals surface area contributed by atoms with Gasteiger partial charge in [-0.05, 0) is 122 Å². The van der Waals surface area contributed by atoms with Crippen LogP contribution < -0.4 is 15.0 Å². The predicted molar refractivity (Wildman–Crippen MR) is 209 cm³/mol. The molecule has 4 aliphatic rings.